The minimum absolute atomic E-state index is 0.367. The second-order valence-corrected chi connectivity index (χ2v) is 8.65. The third kappa shape index (κ3) is 5.83. The summed E-state index contributed by atoms with van der Waals surface area (Å²) in [5.74, 6) is -0.772. The van der Waals surface area contributed by atoms with Crippen molar-refractivity contribution in [3.8, 4) is 17.6 Å². The molecule has 0 N–H and O–H groups in total. The van der Waals surface area contributed by atoms with Gasteiger partial charge < -0.3 is 9.47 Å². The summed E-state index contributed by atoms with van der Waals surface area (Å²) in [5.41, 5.74) is -0.198. The fourth-order valence-corrected chi connectivity index (χ4v) is 3.90. The van der Waals surface area contributed by atoms with Gasteiger partial charge in [0.15, 0.2) is 0 Å². The first-order valence-corrected chi connectivity index (χ1v) is 10.2. The number of carbonyl (C=O) groups excluding carboxylic acids is 1. The van der Waals surface area contributed by atoms with Crippen LogP contribution in [0.2, 0.25) is 0 Å². The van der Waals surface area contributed by atoms with Gasteiger partial charge in [-0.3, -0.25) is 4.79 Å². The predicted octanol–water partition coefficient (Wildman–Crippen LogP) is 6.93. The van der Waals surface area contributed by atoms with Gasteiger partial charge >= 0.3 is 12.1 Å². The SMILES string of the molecule is CC1(C)C(C=C(Cl)CC(F)(F)F)C1C(=O)OC(C#N)c1cccc(Oc2ccccc2)c1. The molecule has 2 aromatic carbocycles. The highest BCUT2D eigenvalue weighted by molar-refractivity contribution is 6.29. The van der Waals surface area contributed by atoms with Gasteiger partial charge in [0.25, 0.3) is 0 Å². The minimum atomic E-state index is -4.43. The summed E-state index contributed by atoms with van der Waals surface area (Å²) in [4.78, 5) is 12.7. The molecule has 0 heterocycles. The first-order valence-electron chi connectivity index (χ1n) is 9.87. The molecular formula is C24H21ClF3NO3. The highest BCUT2D eigenvalue weighted by Gasteiger charge is 2.62. The molecule has 8 heteroatoms. The number of para-hydroxylation sites is 1. The quantitative estimate of drug-likeness (QED) is 0.417. The van der Waals surface area contributed by atoms with Gasteiger partial charge in [-0.25, -0.2) is 0 Å². The van der Waals surface area contributed by atoms with Crippen LogP contribution in [0, 0.1) is 28.6 Å². The van der Waals surface area contributed by atoms with E-state index in [0.717, 1.165) is 0 Å². The van der Waals surface area contributed by atoms with E-state index in [2.05, 4.69) is 0 Å². The topological polar surface area (TPSA) is 59.3 Å². The summed E-state index contributed by atoms with van der Waals surface area (Å²) in [6.07, 6.45) is -5.61. The van der Waals surface area contributed by atoms with E-state index in [9.17, 15) is 23.2 Å². The molecule has 3 rings (SSSR count). The number of carbonyl (C=O) groups is 1. The molecule has 0 spiro atoms. The number of nitriles is 1. The maximum atomic E-state index is 12.7. The third-order valence-electron chi connectivity index (χ3n) is 5.39. The van der Waals surface area contributed by atoms with E-state index in [1.807, 2.05) is 24.3 Å². The molecule has 1 saturated carbocycles. The van der Waals surface area contributed by atoms with Crippen molar-refractivity contribution in [1.82, 2.24) is 0 Å². The van der Waals surface area contributed by atoms with Gasteiger partial charge in [0.05, 0.1) is 12.3 Å². The Bertz CT molecular complexity index is 1040. The van der Waals surface area contributed by atoms with Gasteiger partial charge in [0.1, 0.15) is 17.6 Å². The molecule has 3 unspecified atom stereocenters. The fourth-order valence-electron chi connectivity index (χ4n) is 3.61. The summed E-state index contributed by atoms with van der Waals surface area (Å²) >= 11 is 5.73. The maximum absolute atomic E-state index is 12.7. The highest BCUT2D eigenvalue weighted by atomic mass is 35.5. The first-order chi connectivity index (χ1) is 15.0. The average molecular weight is 464 g/mol. The van der Waals surface area contributed by atoms with Crippen LogP contribution < -0.4 is 4.74 Å². The van der Waals surface area contributed by atoms with Crippen molar-refractivity contribution in [2.45, 2.75) is 32.5 Å². The molecule has 0 radical (unpaired) electrons. The molecule has 0 bridgehead atoms. The van der Waals surface area contributed by atoms with E-state index in [4.69, 9.17) is 21.1 Å². The van der Waals surface area contributed by atoms with Crippen molar-refractivity contribution in [1.29, 1.82) is 5.26 Å². The van der Waals surface area contributed by atoms with E-state index in [1.165, 1.54) is 6.08 Å². The van der Waals surface area contributed by atoms with Gasteiger partial charge in [-0.05, 0) is 35.6 Å². The van der Waals surface area contributed by atoms with Crippen molar-refractivity contribution in [3.63, 3.8) is 0 Å². The lowest BCUT2D eigenvalue weighted by Crippen LogP contribution is -2.14. The Morgan fingerprint density at radius 3 is 2.47 bits per heavy atom. The van der Waals surface area contributed by atoms with Crippen LogP contribution in [-0.4, -0.2) is 12.1 Å². The van der Waals surface area contributed by atoms with E-state index in [-0.39, 0.29) is 5.03 Å². The van der Waals surface area contributed by atoms with Crippen LogP contribution >= 0.6 is 11.6 Å². The van der Waals surface area contributed by atoms with Crippen LogP contribution in [0.15, 0.2) is 65.7 Å². The fraction of sp³-hybridized carbons (Fsp3) is 0.333. The average Bonchev–Trinajstić information content (AvgIpc) is 3.25. The smallest absolute Gasteiger partial charge is 0.393 e. The van der Waals surface area contributed by atoms with Gasteiger partial charge in [0.2, 0.25) is 6.10 Å². The van der Waals surface area contributed by atoms with Crippen LogP contribution in [0.1, 0.15) is 31.9 Å². The second-order valence-electron chi connectivity index (χ2n) is 8.16. The Labute approximate surface area is 189 Å². The Morgan fingerprint density at radius 2 is 1.84 bits per heavy atom. The Morgan fingerprint density at radius 1 is 1.19 bits per heavy atom. The number of alkyl halides is 3. The molecule has 168 valence electrons. The monoisotopic (exact) mass is 463 g/mol. The van der Waals surface area contributed by atoms with Gasteiger partial charge in [0, 0.05) is 10.6 Å². The van der Waals surface area contributed by atoms with Crippen LogP contribution in [0.3, 0.4) is 0 Å². The van der Waals surface area contributed by atoms with Crippen molar-refractivity contribution >= 4 is 17.6 Å². The molecule has 0 saturated heterocycles. The predicted molar refractivity (Wildman–Crippen MR) is 113 cm³/mol. The van der Waals surface area contributed by atoms with E-state index >= 15 is 0 Å². The molecule has 4 nitrogen and oxygen atoms in total. The first kappa shape index (κ1) is 23.7. The van der Waals surface area contributed by atoms with Crippen LogP contribution in [0.5, 0.6) is 11.5 Å². The number of allylic oxidation sites excluding steroid dienone is 2. The third-order valence-corrected chi connectivity index (χ3v) is 5.64. The molecule has 1 aliphatic carbocycles. The molecule has 1 aliphatic rings. The summed E-state index contributed by atoms with van der Waals surface area (Å²) in [5, 5.41) is 9.19. The van der Waals surface area contributed by atoms with Crippen molar-refractivity contribution < 1.29 is 27.4 Å². The Hall–Kier alpha value is -2.98. The van der Waals surface area contributed by atoms with Crippen LogP contribution in [-0.2, 0) is 9.53 Å². The maximum Gasteiger partial charge on any atom is 0.393 e. The lowest BCUT2D eigenvalue weighted by atomic mass is 10.1. The largest absolute Gasteiger partial charge is 0.457 e. The molecule has 2 aromatic rings. The van der Waals surface area contributed by atoms with Crippen molar-refractivity contribution in [3.05, 3.63) is 71.3 Å². The molecule has 1 fully saturated rings. The number of esters is 1. The van der Waals surface area contributed by atoms with Gasteiger partial charge in [-0.15, -0.1) is 0 Å². The zero-order valence-corrected chi connectivity index (χ0v) is 18.2. The Kier molecular flexibility index (Phi) is 6.85. The van der Waals surface area contributed by atoms with E-state index in [0.29, 0.717) is 17.1 Å². The highest BCUT2D eigenvalue weighted by Crippen LogP contribution is 2.60. The number of ether oxygens (including phenoxy) is 2. The number of benzene rings is 2. The van der Waals surface area contributed by atoms with Crippen LogP contribution in [0.4, 0.5) is 13.2 Å². The number of halogens is 4. The van der Waals surface area contributed by atoms with E-state index in [1.54, 1.807) is 50.2 Å². The number of hydrogen-bond acceptors (Lipinski definition) is 4. The number of hydrogen-bond donors (Lipinski definition) is 0. The minimum Gasteiger partial charge on any atom is -0.457 e. The molecule has 32 heavy (non-hydrogen) atoms. The molecule has 3 atom stereocenters. The normalized spacial score (nSPS) is 20.7. The summed E-state index contributed by atoms with van der Waals surface area (Å²) in [7, 11) is 0. The van der Waals surface area contributed by atoms with Gasteiger partial charge in [-0.2, -0.15) is 18.4 Å². The van der Waals surface area contributed by atoms with Crippen molar-refractivity contribution in [2.24, 2.45) is 17.3 Å². The molecular weight excluding hydrogens is 443 g/mol. The summed E-state index contributed by atoms with van der Waals surface area (Å²) in [6.45, 7) is 3.49. The van der Waals surface area contributed by atoms with Crippen LogP contribution in [0.25, 0.3) is 0 Å². The van der Waals surface area contributed by atoms with Crippen molar-refractivity contribution in [2.75, 3.05) is 0 Å². The molecule has 0 aromatic heterocycles. The lowest BCUT2D eigenvalue weighted by molar-refractivity contribution is -0.149. The number of nitrogens with zero attached hydrogens (tertiary/aromatic N) is 1. The standard InChI is InChI=1S/C24H21ClF3NO3/c1-23(2)19(12-16(25)13-24(26,27)28)21(23)22(30)32-20(14-29)15-7-6-10-18(11-15)31-17-8-4-3-5-9-17/h3-12,19-21H,13H2,1-2H3. The zero-order valence-electron chi connectivity index (χ0n) is 17.4. The number of rotatable bonds is 7. The van der Waals surface area contributed by atoms with Gasteiger partial charge in [-0.1, -0.05) is 61.9 Å². The summed E-state index contributed by atoms with van der Waals surface area (Å²) in [6, 6.07) is 17.6. The summed E-state index contributed by atoms with van der Waals surface area (Å²) < 4.78 is 48.8. The van der Waals surface area contributed by atoms with E-state index < -0.39 is 41.9 Å². The Balaban J connectivity index is 1.69. The molecule has 0 amide bonds. The zero-order chi connectivity index (χ0) is 23.5. The second kappa shape index (κ2) is 9.25. The molecule has 0 aliphatic heterocycles. The lowest BCUT2D eigenvalue weighted by Gasteiger charge is -2.13.